The molecule has 3 rings (SSSR count). The molecule has 1 N–H and O–H groups in total. The van der Waals surface area contributed by atoms with Gasteiger partial charge in [0, 0.05) is 13.1 Å². The Hall–Kier alpha value is -1.44. The Morgan fingerprint density at radius 1 is 1.29 bits per heavy atom. The third-order valence-electron chi connectivity index (χ3n) is 4.94. The van der Waals surface area contributed by atoms with Gasteiger partial charge >= 0.3 is 0 Å². The fourth-order valence-corrected chi connectivity index (χ4v) is 3.81. The third kappa shape index (κ3) is 3.25. The number of hydrogen-bond donors (Lipinski definition) is 1. The fraction of sp³-hybridized carbons (Fsp3) is 0.588. The van der Waals surface area contributed by atoms with E-state index in [4.69, 9.17) is 6.57 Å². The maximum absolute atomic E-state index is 13.4. The molecule has 0 unspecified atom stereocenters. The maximum Gasteiger partial charge on any atom is 0.222 e. The Bertz CT molecular complexity index is 538. The predicted molar refractivity (Wildman–Crippen MR) is 81.7 cm³/mol. The summed E-state index contributed by atoms with van der Waals surface area (Å²) in [7, 11) is 0. The summed E-state index contributed by atoms with van der Waals surface area (Å²) in [5.74, 6) is -0.415. The minimum absolute atomic E-state index is 0.140. The minimum Gasteiger partial charge on any atom is -0.317 e. The first kappa shape index (κ1) is 14.5. The van der Waals surface area contributed by atoms with E-state index in [1.165, 1.54) is 31.7 Å². The van der Waals surface area contributed by atoms with Crippen molar-refractivity contribution in [3.63, 3.8) is 0 Å². The fourth-order valence-electron chi connectivity index (χ4n) is 3.81. The van der Waals surface area contributed by atoms with E-state index in [1.54, 1.807) is 6.07 Å². The van der Waals surface area contributed by atoms with Crippen LogP contribution < -0.4 is 5.32 Å². The number of benzene rings is 1. The van der Waals surface area contributed by atoms with E-state index in [1.807, 2.05) is 6.07 Å². The molecule has 0 atom stereocenters. The van der Waals surface area contributed by atoms with Crippen LogP contribution in [0.4, 0.5) is 10.1 Å². The van der Waals surface area contributed by atoms with Crippen molar-refractivity contribution in [2.75, 3.05) is 26.2 Å². The molecule has 4 heteroatoms. The Morgan fingerprint density at radius 3 is 2.86 bits per heavy atom. The summed E-state index contributed by atoms with van der Waals surface area (Å²) < 4.78 is 13.4. The molecule has 112 valence electrons. The largest absolute Gasteiger partial charge is 0.317 e. The second-order valence-corrected chi connectivity index (χ2v) is 6.46. The highest BCUT2D eigenvalue weighted by molar-refractivity contribution is 5.48. The van der Waals surface area contributed by atoms with Crippen LogP contribution in [0.5, 0.6) is 0 Å². The van der Waals surface area contributed by atoms with E-state index in [0.717, 1.165) is 38.3 Å². The van der Waals surface area contributed by atoms with Crippen molar-refractivity contribution < 1.29 is 4.39 Å². The van der Waals surface area contributed by atoms with Crippen LogP contribution in [0.1, 0.15) is 31.2 Å². The van der Waals surface area contributed by atoms with E-state index < -0.39 is 5.82 Å². The van der Waals surface area contributed by atoms with Gasteiger partial charge in [-0.2, -0.15) is 0 Å². The molecular weight excluding hydrogens is 265 g/mol. The molecule has 2 saturated heterocycles. The topological polar surface area (TPSA) is 19.6 Å². The van der Waals surface area contributed by atoms with Crippen LogP contribution in [0.25, 0.3) is 4.85 Å². The molecule has 1 aromatic rings. The van der Waals surface area contributed by atoms with Crippen LogP contribution in [0, 0.1) is 17.8 Å². The molecule has 1 spiro atoms. The summed E-state index contributed by atoms with van der Waals surface area (Å²) in [6, 6.07) is 4.94. The van der Waals surface area contributed by atoms with Crippen LogP contribution in [0.3, 0.4) is 0 Å². The zero-order valence-corrected chi connectivity index (χ0v) is 12.4. The van der Waals surface area contributed by atoms with E-state index in [9.17, 15) is 4.39 Å². The molecule has 2 aliphatic heterocycles. The Balaban J connectivity index is 1.68. The molecule has 0 bridgehead atoms. The van der Waals surface area contributed by atoms with Gasteiger partial charge in [-0.15, -0.1) is 0 Å². The summed E-state index contributed by atoms with van der Waals surface area (Å²) in [6.07, 6.45) is 5.11. The van der Waals surface area contributed by atoms with Gasteiger partial charge < -0.3 is 5.32 Å². The molecule has 3 nitrogen and oxygen atoms in total. The number of rotatable bonds is 2. The highest BCUT2D eigenvalue weighted by atomic mass is 19.1. The second-order valence-electron chi connectivity index (χ2n) is 6.46. The van der Waals surface area contributed by atoms with Crippen LogP contribution >= 0.6 is 0 Å². The Labute approximate surface area is 126 Å². The minimum atomic E-state index is -0.415. The number of hydrogen-bond acceptors (Lipinski definition) is 2. The van der Waals surface area contributed by atoms with Gasteiger partial charge in [-0.3, -0.25) is 4.90 Å². The van der Waals surface area contributed by atoms with Gasteiger partial charge in [-0.1, -0.05) is 6.07 Å². The highest BCUT2D eigenvalue weighted by Crippen LogP contribution is 2.38. The lowest BCUT2D eigenvalue weighted by atomic mass is 9.73. The summed E-state index contributed by atoms with van der Waals surface area (Å²) in [4.78, 5) is 5.74. The predicted octanol–water partition coefficient (Wildman–Crippen LogP) is 3.34. The average molecular weight is 287 g/mol. The van der Waals surface area contributed by atoms with Crippen molar-refractivity contribution in [2.45, 2.75) is 32.2 Å². The molecule has 2 fully saturated rings. The number of nitrogens with one attached hydrogen (secondary N) is 1. The first-order chi connectivity index (χ1) is 10.2. The zero-order valence-electron chi connectivity index (χ0n) is 12.4. The Morgan fingerprint density at radius 2 is 2.10 bits per heavy atom. The number of nitrogens with zero attached hydrogens (tertiary/aromatic N) is 2. The van der Waals surface area contributed by atoms with Crippen molar-refractivity contribution >= 4 is 5.69 Å². The SMILES string of the molecule is [C-]#[N+]c1cc(CN2CCCC3(CCNCC3)C2)ccc1F. The first-order valence-electron chi connectivity index (χ1n) is 7.80. The van der Waals surface area contributed by atoms with Crippen molar-refractivity contribution in [3.05, 3.63) is 41.0 Å². The van der Waals surface area contributed by atoms with Crippen molar-refractivity contribution in [3.8, 4) is 0 Å². The lowest BCUT2D eigenvalue weighted by Gasteiger charge is -2.45. The van der Waals surface area contributed by atoms with Gasteiger partial charge in [0.1, 0.15) is 5.82 Å². The quantitative estimate of drug-likeness (QED) is 0.842. The molecule has 0 radical (unpaired) electrons. The van der Waals surface area contributed by atoms with Crippen LogP contribution in [0.15, 0.2) is 18.2 Å². The average Bonchev–Trinajstić information content (AvgIpc) is 2.50. The third-order valence-corrected chi connectivity index (χ3v) is 4.94. The van der Waals surface area contributed by atoms with Gasteiger partial charge in [0.15, 0.2) is 0 Å². The number of halogens is 1. The standard InChI is InChI=1S/C17H22FN3/c1-19-16-11-14(3-4-15(16)18)12-21-10-2-5-17(13-21)6-8-20-9-7-17/h3-4,11,20H,2,5-10,12-13H2. The van der Waals surface area contributed by atoms with E-state index in [-0.39, 0.29) is 5.69 Å². The molecule has 0 aliphatic carbocycles. The first-order valence-corrected chi connectivity index (χ1v) is 7.80. The van der Waals surface area contributed by atoms with Gasteiger partial charge in [-0.25, -0.2) is 9.24 Å². The number of likely N-dealkylation sites (tertiary alicyclic amines) is 1. The Kier molecular flexibility index (Phi) is 4.23. The van der Waals surface area contributed by atoms with Crippen molar-refractivity contribution in [2.24, 2.45) is 5.41 Å². The molecule has 2 heterocycles. The van der Waals surface area contributed by atoms with Crippen LogP contribution in [-0.2, 0) is 6.54 Å². The maximum atomic E-state index is 13.4. The van der Waals surface area contributed by atoms with E-state index >= 15 is 0 Å². The smallest absolute Gasteiger partial charge is 0.222 e. The summed E-state index contributed by atoms with van der Waals surface area (Å²) >= 11 is 0. The van der Waals surface area contributed by atoms with Crippen molar-refractivity contribution in [1.82, 2.24) is 10.2 Å². The van der Waals surface area contributed by atoms with Gasteiger partial charge in [-0.05, 0) is 68.4 Å². The highest BCUT2D eigenvalue weighted by Gasteiger charge is 2.36. The monoisotopic (exact) mass is 287 g/mol. The molecular formula is C17H22FN3. The van der Waals surface area contributed by atoms with E-state index in [2.05, 4.69) is 15.1 Å². The molecule has 21 heavy (non-hydrogen) atoms. The zero-order chi connectivity index (χ0) is 14.7. The van der Waals surface area contributed by atoms with E-state index in [0.29, 0.717) is 5.41 Å². The lowest BCUT2D eigenvalue weighted by Crippen LogP contribution is -2.48. The second kappa shape index (κ2) is 6.13. The summed E-state index contributed by atoms with van der Waals surface area (Å²) in [5, 5.41) is 3.45. The molecule has 0 aromatic heterocycles. The van der Waals surface area contributed by atoms with Crippen LogP contribution in [0.2, 0.25) is 0 Å². The number of piperidine rings is 2. The normalized spacial score (nSPS) is 22.1. The summed E-state index contributed by atoms with van der Waals surface area (Å²) in [6.45, 7) is 12.4. The summed E-state index contributed by atoms with van der Waals surface area (Å²) in [5.41, 5.74) is 1.67. The van der Waals surface area contributed by atoms with Gasteiger partial charge in [0.2, 0.25) is 5.69 Å². The molecule has 0 amide bonds. The molecule has 2 aliphatic rings. The van der Waals surface area contributed by atoms with Crippen molar-refractivity contribution in [1.29, 1.82) is 0 Å². The molecule has 0 saturated carbocycles. The lowest BCUT2D eigenvalue weighted by molar-refractivity contribution is 0.0552. The van der Waals surface area contributed by atoms with Gasteiger partial charge in [0.25, 0.3) is 0 Å². The van der Waals surface area contributed by atoms with Crippen LogP contribution in [-0.4, -0.2) is 31.1 Å². The molecule has 1 aromatic carbocycles. The van der Waals surface area contributed by atoms with Gasteiger partial charge in [0.05, 0.1) is 6.57 Å².